The monoisotopic (exact) mass is 436 g/mol. The van der Waals surface area contributed by atoms with Crippen molar-refractivity contribution in [1.82, 2.24) is 10.3 Å². The zero-order chi connectivity index (χ0) is 23.3. The van der Waals surface area contributed by atoms with Crippen molar-refractivity contribution in [2.75, 3.05) is 5.32 Å². The summed E-state index contributed by atoms with van der Waals surface area (Å²) in [7, 11) is 0. The maximum atomic E-state index is 13.0. The van der Waals surface area contributed by atoms with Gasteiger partial charge < -0.3 is 15.4 Å². The molecule has 0 spiro atoms. The Labute approximate surface area is 184 Å². The highest BCUT2D eigenvalue weighted by atomic mass is 16.6. The molecule has 2 aromatic carbocycles. The van der Waals surface area contributed by atoms with E-state index in [9.17, 15) is 19.7 Å². The van der Waals surface area contributed by atoms with Crippen molar-refractivity contribution >= 4 is 34.3 Å². The number of carbonyl (C=O) groups excluding carboxylic acids is 2. The van der Waals surface area contributed by atoms with E-state index in [4.69, 9.17) is 4.74 Å². The van der Waals surface area contributed by atoms with Crippen LogP contribution in [0.3, 0.4) is 0 Å². The van der Waals surface area contributed by atoms with Gasteiger partial charge in [0.25, 0.3) is 5.69 Å². The number of ether oxygens (including phenoxy) is 1. The zero-order valence-corrected chi connectivity index (χ0v) is 18.0. The van der Waals surface area contributed by atoms with E-state index in [1.165, 1.54) is 18.3 Å². The quantitative estimate of drug-likeness (QED) is 0.440. The first-order valence-electron chi connectivity index (χ1n) is 9.99. The fourth-order valence-electron chi connectivity index (χ4n) is 3.02. The number of nitro benzene ring substituents is 1. The summed E-state index contributed by atoms with van der Waals surface area (Å²) in [5.41, 5.74) is 1.12. The number of benzene rings is 2. The predicted molar refractivity (Wildman–Crippen MR) is 120 cm³/mol. The molecule has 32 heavy (non-hydrogen) atoms. The number of anilines is 1. The lowest BCUT2D eigenvalue weighted by atomic mass is 10.0. The molecule has 0 aliphatic rings. The minimum atomic E-state index is -0.974. The van der Waals surface area contributed by atoms with Gasteiger partial charge in [0.2, 0.25) is 5.91 Å². The summed E-state index contributed by atoms with van der Waals surface area (Å²) >= 11 is 0. The summed E-state index contributed by atoms with van der Waals surface area (Å²) in [5.74, 6) is -0.466. The molecule has 1 heterocycles. The molecule has 1 atom stereocenters. The van der Waals surface area contributed by atoms with Crippen molar-refractivity contribution in [2.24, 2.45) is 0 Å². The first-order valence-corrected chi connectivity index (χ1v) is 9.99. The van der Waals surface area contributed by atoms with Crippen molar-refractivity contribution in [3.63, 3.8) is 0 Å². The van der Waals surface area contributed by atoms with Gasteiger partial charge in [0.1, 0.15) is 11.6 Å². The number of nitrogens with zero attached hydrogens (tertiary/aromatic N) is 2. The molecule has 9 nitrogen and oxygen atoms in total. The normalized spacial score (nSPS) is 12.1. The lowest BCUT2D eigenvalue weighted by molar-refractivity contribution is -0.384. The molecule has 0 aliphatic heterocycles. The van der Waals surface area contributed by atoms with Gasteiger partial charge in [-0.3, -0.25) is 19.9 Å². The number of hydrogen-bond acceptors (Lipinski definition) is 6. The maximum Gasteiger partial charge on any atom is 0.408 e. The number of rotatable bonds is 6. The number of non-ortho nitro benzene ring substituents is 1. The van der Waals surface area contributed by atoms with Gasteiger partial charge in [0, 0.05) is 23.9 Å². The number of amides is 2. The van der Waals surface area contributed by atoms with E-state index in [1.807, 2.05) is 24.3 Å². The molecule has 0 aliphatic carbocycles. The number of para-hydroxylation sites is 1. The van der Waals surface area contributed by atoms with Crippen LogP contribution in [0.2, 0.25) is 0 Å². The van der Waals surface area contributed by atoms with Gasteiger partial charge in [-0.1, -0.05) is 30.3 Å². The third-order valence-corrected chi connectivity index (χ3v) is 4.45. The van der Waals surface area contributed by atoms with Crippen LogP contribution in [0, 0.1) is 10.1 Å². The molecule has 0 radical (unpaired) electrons. The Balaban J connectivity index is 1.79. The van der Waals surface area contributed by atoms with Crippen LogP contribution in [-0.4, -0.2) is 33.6 Å². The fourth-order valence-corrected chi connectivity index (χ4v) is 3.02. The zero-order valence-electron chi connectivity index (χ0n) is 18.0. The summed E-state index contributed by atoms with van der Waals surface area (Å²) in [5, 5.41) is 17.1. The molecule has 2 amide bonds. The summed E-state index contributed by atoms with van der Waals surface area (Å²) in [6.45, 7) is 5.16. The number of alkyl carbamates (subject to hydrolysis) is 1. The van der Waals surface area contributed by atoms with Gasteiger partial charge in [0.05, 0.1) is 22.3 Å². The highest BCUT2D eigenvalue weighted by Gasteiger charge is 2.25. The van der Waals surface area contributed by atoms with Gasteiger partial charge in [-0.2, -0.15) is 0 Å². The van der Waals surface area contributed by atoms with Crippen molar-refractivity contribution in [1.29, 1.82) is 0 Å². The Morgan fingerprint density at radius 1 is 1.12 bits per heavy atom. The first kappa shape index (κ1) is 22.7. The van der Waals surface area contributed by atoms with Crippen LogP contribution in [0.5, 0.6) is 0 Å². The van der Waals surface area contributed by atoms with Gasteiger partial charge in [-0.15, -0.1) is 0 Å². The van der Waals surface area contributed by atoms with Crippen LogP contribution in [0.25, 0.3) is 10.9 Å². The second kappa shape index (κ2) is 9.42. The average Bonchev–Trinajstić information content (AvgIpc) is 2.72. The van der Waals surface area contributed by atoms with Crippen molar-refractivity contribution < 1.29 is 19.2 Å². The number of carbonyl (C=O) groups is 2. The second-order valence-electron chi connectivity index (χ2n) is 8.23. The van der Waals surface area contributed by atoms with E-state index in [-0.39, 0.29) is 12.1 Å². The summed E-state index contributed by atoms with van der Waals surface area (Å²) < 4.78 is 5.28. The predicted octanol–water partition coefficient (Wildman–Crippen LogP) is 4.22. The molecule has 166 valence electrons. The third kappa shape index (κ3) is 6.24. The van der Waals surface area contributed by atoms with E-state index in [0.29, 0.717) is 11.3 Å². The summed E-state index contributed by atoms with van der Waals surface area (Å²) in [6, 6.07) is 14.1. The Kier molecular flexibility index (Phi) is 6.67. The topological polar surface area (TPSA) is 123 Å². The number of nitro groups is 1. The molecule has 1 aromatic heterocycles. The Bertz CT molecular complexity index is 1140. The molecule has 3 aromatic rings. The summed E-state index contributed by atoms with van der Waals surface area (Å²) in [6.07, 6.45) is 0.914. The molecule has 0 saturated heterocycles. The second-order valence-corrected chi connectivity index (χ2v) is 8.23. The molecule has 0 bridgehead atoms. The number of fused-ring (bicyclic) bond motifs is 1. The molecular formula is C23H24N4O5. The Hall–Kier alpha value is -4.01. The van der Waals surface area contributed by atoms with E-state index in [1.54, 1.807) is 39.0 Å². The number of pyridine rings is 1. The van der Waals surface area contributed by atoms with Gasteiger partial charge >= 0.3 is 6.09 Å². The first-order chi connectivity index (χ1) is 15.1. The van der Waals surface area contributed by atoms with E-state index >= 15 is 0 Å². The van der Waals surface area contributed by atoms with E-state index in [2.05, 4.69) is 15.6 Å². The lowest BCUT2D eigenvalue weighted by Gasteiger charge is -2.23. The fraction of sp³-hybridized carbons (Fsp3) is 0.261. The van der Waals surface area contributed by atoms with Crippen LogP contribution in [-0.2, 0) is 16.0 Å². The van der Waals surface area contributed by atoms with Crippen LogP contribution in [0.15, 0.2) is 60.8 Å². The minimum absolute atomic E-state index is 0.0582. The molecule has 0 fully saturated rings. The largest absolute Gasteiger partial charge is 0.444 e. The molecule has 2 N–H and O–H groups in total. The molecule has 1 unspecified atom stereocenters. The van der Waals surface area contributed by atoms with Crippen molar-refractivity contribution in [3.8, 4) is 0 Å². The minimum Gasteiger partial charge on any atom is -0.444 e. The molecular weight excluding hydrogens is 412 g/mol. The molecule has 3 rings (SSSR count). The molecule has 0 saturated carbocycles. The number of aromatic nitrogens is 1. The van der Waals surface area contributed by atoms with Crippen LogP contribution >= 0.6 is 0 Å². The van der Waals surface area contributed by atoms with Gasteiger partial charge in [0.15, 0.2) is 0 Å². The Morgan fingerprint density at radius 3 is 2.47 bits per heavy atom. The van der Waals surface area contributed by atoms with Gasteiger partial charge in [-0.25, -0.2) is 4.79 Å². The maximum absolute atomic E-state index is 13.0. The third-order valence-electron chi connectivity index (χ3n) is 4.45. The van der Waals surface area contributed by atoms with Gasteiger partial charge in [-0.05, 0) is 38.5 Å². The van der Waals surface area contributed by atoms with Crippen molar-refractivity contribution in [2.45, 2.75) is 38.8 Å². The number of hydrogen-bond donors (Lipinski definition) is 2. The van der Waals surface area contributed by atoms with Crippen LogP contribution in [0.1, 0.15) is 26.3 Å². The highest BCUT2D eigenvalue weighted by Crippen LogP contribution is 2.18. The average molecular weight is 436 g/mol. The Morgan fingerprint density at radius 2 is 1.81 bits per heavy atom. The van der Waals surface area contributed by atoms with Crippen LogP contribution < -0.4 is 10.6 Å². The lowest BCUT2D eigenvalue weighted by Crippen LogP contribution is -2.47. The highest BCUT2D eigenvalue weighted by molar-refractivity contribution is 5.98. The van der Waals surface area contributed by atoms with Crippen molar-refractivity contribution in [3.05, 3.63) is 76.5 Å². The molecule has 9 heteroatoms. The number of nitrogens with one attached hydrogen (secondary N) is 2. The smallest absolute Gasteiger partial charge is 0.408 e. The van der Waals surface area contributed by atoms with E-state index < -0.39 is 28.6 Å². The summed E-state index contributed by atoms with van der Waals surface area (Å²) in [4.78, 5) is 40.0. The van der Waals surface area contributed by atoms with E-state index in [0.717, 1.165) is 10.9 Å². The standard InChI is InChI=1S/C23H24N4O5/c1-23(2,3)32-22(29)26-20(12-15-8-10-18(11-9-15)27(30)31)21(28)25-17-13-16-6-4-5-7-19(16)24-14-17/h4-11,13-14,20H,12H2,1-3H3,(H,25,28)(H,26,29). The van der Waals surface area contributed by atoms with Crippen LogP contribution in [0.4, 0.5) is 16.2 Å². The SMILES string of the molecule is CC(C)(C)OC(=O)NC(Cc1ccc([N+](=O)[O-])cc1)C(=O)Nc1cnc2ccccc2c1.